The van der Waals surface area contributed by atoms with Gasteiger partial charge in [0.15, 0.2) is 0 Å². The topological polar surface area (TPSA) is 29.5 Å². The van der Waals surface area contributed by atoms with Gasteiger partial charge in [-0.25, -0.2) is 4.79 Å². The van der Waals surface area contributed by atoms with Gasteiger partial charge in [0.2, 0.25) is 0 Å². The lowest BCUT2D eigenvalue weighted by molar-refractivity contribution is -0.138. The van der Waals surface area contributed by atoms with E-state index in [0.29, 0.717) is 12.6 Å². The summed E-state index contributed by atoms with van der Waals surface area (Å²) < 4.78 is 5.57. The van der Waals surface area contributed by atoms with Crippen LogP contribution < -0.4 is 0 Å². The van der Waals surface area contributed by atoms with E-state index < -0.39 is 0 Å². The third-order valence-corrected chi connectivity index (χ3v) is 5.19. The molecule has 3 heteroatoms. The Morgan fingerprint density at radius 3 is 2.38 bits per heavy atom. The minimum Gasteiger partial charge on any atom is -0.457 e. The summed E-state index contributed by atoms with van der Waals surface area (Å²) in [7, 11) is 0. The molecule has 0 amide bonds. The molecule has 0 radical (unpaired) electrons. The zero-order chi connectivity index (χ0) is 21.8. The minimum atomic E-state index is -0.174. The molecule has 1 aromatic rings. The fourth-order valence-corrected chi connectivity index (χ4v) is 3.83. The van der Waals surface area contributed by atoms with Crippen molar-refractivity contribution in [1.82, 2.24) is 4.90 Å². The van der Waals surface area contributed by atoms with Crippen LogP contribution in [0.2, 0.25) is 0 Å². The fraction of sp³-hybridized carbons (Fsp3) is 0.500. The van der Waals surface area contributed by atoms with Crippen LogP contribution in [0.4, 0.5) is 0 Å². The molecule has 0 N–H and O–H groups in total. The van der Waals surface area contributed by atoms with E-state index in [0.717, 1.165) is 36.1 Å². The zero-order valence-corrected chi connectivity index (χ0v) is 19.4. The quantitative estimate of drug-likeness (QED) is 0.502. The van der Waals surface area contributed by atoms with Crippen LogP contribution >= 0.6 is 0 Å². The SMILES string of the molecule is CC.CC.CC1=C(C(=O)OCC2=CCCC=C2)C[C@@H](C)N1[C@@H](C)c1ccccc1. The number of esters is 1. The number of hydrogen-bond acceptors (Lipinski definition) is 3. The van der Waals surface area contributed by atoms with Gasteiger partial charge < -0.3 is 9.64 Å². The maximum Gasteiger partial charge on any atom is 0.336 e. The van der Waals surface area contributed by atoms with Crippen molar-refractivity contribution in [2.24, 2.45) is 0 Å². The van der Waals surface area contributed by atoms with Crippen molar-refractivity contribution in [3.8, 4) is 0 Å². The summed E-state index contributed by atoms with van der Waals surface area (Å²) in [5.74, 6) is -0.174. The average molecular weight is 398 g/mol. The average Bonchev–Trinajstić information content (AvgIpc) is 3.09. The van der Waals surface area contributed by atoms with Gasteiger partial charge in [-0.05, 0) is 44.7 Å². The van der Waals surface area contributed by atoms with E-state index in [4.69, 9.17) is 4.74 Å². The smallest absolute Gasteiger partial charge is 0.336 e. The van der Waals surface area contributed by atoms with Crippen LogP contribution in [0, 0.1) is 0 Å². The van der Waals surface area contributed by atoms with E-state index >= 15 is 0 Å². The summed E-state index contributed by atoms with van der Waals surface area (Å²) >= 11 is 0. The van der Waals surface area contributed by atoms with E-state index in [1.807, 2.05) is 40.7 Å². The largest absolute Gasteiger partial charge is 0.457 e. The number of hydrogen-bond donors (Lipinski definition) is 0. The number of carbonyl (C=O) groups is 1. The number of nitrogens with zero attached hydrogens (tertiary/aromatic N) is 1. The molecule has 3 nitrogen and oxygen atoms in total. The second-order valence-electron chi connectivity index (χ2n) is 6.95. The Balaban J connectivity index is 0.000000989. The standard InChI is InChI=1S/C22H27NO2.2C2H6/c1-16-14-21(22(24)25-15-19-10-6-4-7-11-19)18(3)23(16)17(2)20-12-8-5-9-13-20;2*1-2/h5-6,8-13,16-17H,4,7,14-15H2,1-3H3;2*1-2H3/t16-,17+;;/m1../s1. The molecule has 29 heavy (non-hydrogen) atoms. The van der Waals surface area contributed by atoms with Crippen molar-refractivity contribution in [2.75, 3.05) is 6.61 Å². The van der Waals surface area contributed by atoms with Crippen molar-refractivity contribution in [3.63, 3.8) is 0 Å². The predicted molar refractivity (Wildman–Crippen MR) is 124 cm³/mol. The number of rotatable bonds is 5. The van der Waals surface area contributed by atoms with E-state index in [9.17, 15) is 4.79 Å². The van der Waals surface area contributed by atoms with Crippen LogP contribution in [0.15, 0.2) is 65.4 Å². The molecule has 0 fully saturated rings. The van der Waals surface area contributed by atoms with Gasteiger partial charge in [0.1, 0.15) is 6.61 Å². The maximum atomic E-state index is 12.6. The highest BCUT2D eigenvalue weighted by Gasteiger charge is 2.33. The molecule has 2 aliphatic rings. The molecule has 0 saturated carbocycles. The monoisotopic (exact) mass is 397 g/mol. The van der Waals surface area contributed by atoms with E-state index in [1.54, 1.807) is 0 Å². The first kappa shape index (κ1) is 24.7. The fourth-order valence-electron chi connectivity index (χ4n) is 3.83. The predicted octanol–water partition coefficient (Wildman–Crippen LogP) is 6.99. The summed E-state index contributed by atoms with van der Waals surface area (Å²) in [4.78, 5) is 14.9. The summed E-state index contributed by atoms with van der Waals surface area (Å²) in [5, 5.41) is 0. The molecule has 0 bridgehead atoms. The molecule has 0 aromatic heterocycles. The summed E-state index contributed by atoms with van der Waals surface area (Å²) in [5.41, 5.74) is 4.22. The van der Waals surface area contributed by atoms with Crippen LogP contribution in [0.5, 0.6) is 0 Å². The highest BCUT2D eigenvalue weighted by Crippen LogP contribution is 2.36. The van der Waals surface area contributed by atoms with Crippen LogP contribution in [-0.4, -0.2) is 23.5 Å². The second-order valence-corrected chi connectivity index (χ2v) is 6.95. The van der Waals surface area contributed by atoms with Gasteiger partial charge in [0, 0.05) is 18.2 Å². The number of ether oxygens (including phenoxy) is 1. The van der Waals surface area contributed by atoms with Crippen molar-refractivity contribution >= 4 is 5.97 Å². The Morgan fingerprint density at radius 1 is 1.14 bits per heavy atom. The molecule has 1 aromatic carbocycles. The summed E-state index contributed by atoms with van der Waals surface area (Å²) in [6.45, 7) is 14.8. The van der Waals surface area contributed by atoms with Crippen LogP contribution in [0.3, 0.4) is 0 Å². The van der Waals surface area contributed by atoms with Gasteiger partial charge >= 0.3 is 5.97 Å². The lowest BCUT2D eigenvalue weighted by Gasteiger charge is -2.33. The van der Waals surface area contributed by atoms with E-state index in [2.05, 4.69) is 61.2 Å². The number of carbonyl (C=O) groups excluding carboxylic acids is 1. The second kappa shape index (κ2) is 13.0. The maximum absolute atomic E-state index is 12.6. The van der Waals surface area contributed by atoms with Gasteiger partial charge in [-0.15, -0.1) is 0 Å². The first-order valence-electron chi connectivity index (χ1n) is 11.1. The van der Waals surface area contributed by atoms with Gasteiger partial charge in [0.25, 0.3) is 0 Å². The van der Waals surface area contributed by atoms with E-state index in [1.165, 1.54) is 5.56 Å². The van der Waals surface area contributed by atoms with Crippen molar-refractivity contribution < 1.29 is 9.53 Å². The Bertz CT molecular complexity index is 715. The molecular weight excluding hydrogens is 358 g/mol. The van der Waals surface area contributed by atoms with Gasteiger partial charge in [-0.1, -0.05) is 76.3 Å². The van der Waals surface area contributed by atoms with E-state index in [-0.39, 0.29) is 12.0 Å². The Labute approximate surface area is 178 Å². The number of allylic oxidation sites excluding steroid dienone is 3. The molecule has 0 saturated heterocycles. The summed E-state index contributed by atoms with van der Waals surface area (Å²) in [6.07, 6.45) is 9.19. The molecule has 0 unspecified atom stereocenters. The van der Waals surface area contributed by atoms with Gasteiger partial charge in [0.05, 0.1) is 11.6 Å². The first-order chi connectivity index (χ1) is 14.1. The highest BCUT2D eigenvalue weighted by molar-refractivity contribution is 5.90. The third-order valence-electron chi connectivity index (χ3n) is 5.19. The highest BCUT2D eigenvalue weighted by atomic mass is 16.5. The van der Waals surface area contributed by atoms with Gasteiger partial charge in [-0.3, -0.25) is 0 Å². The molecular formula is C26H39NO2. The zero-order valence-electron chi connectivity index (χ0n) is 19.4. The molecule has 3 rings (SSSR count). The van der Waals surface area contributed by atoms with Crippen molar-refractivity contribution in [1.29, 1.82) is 0 Å². The minimum absolute atomic E-state index is 0.174. The Hall–Kier alpha value is -2.29. The van der Waals surface area contributed by atoms with Crippen LogP contribution in [-0.2, 0) is 9.53 Å². The van der Waals surface area contributed by atoms with Crippen molar-refractivity contribution in [2.45, 2.75) is 79.8 Å². The third kappa shape index (κ3) is 6.62. The van der Waals surface area contributed by atoms with Crippen molar-refractivity contribution in [3.05, 3.63) is 71.0 Å². The summed E-state index contributed by atoms with van der Waals surface area (Å²) in [6, 6.07) is 11.0. The lowest BCUT2D eigenvalue weighted by atomic mass is 10.1. The van der Waals surface area contributed by atoms with Crippen LogP contribution in [0.25, 0.3) is 0 Å². The molecule has 1 heterocycles. The molecule has 160 valence electrons. The Kier molecular flexibility index (Phi) is 11.1. The molecule has 1 aliphatic heterocycles. The first-order valence-corrected chi connectivity index (χ1v) is 11.1. The molecule has 1 aliphatic carbocycles. The molecule has 0 spiro atoms. The van der Waals surface area contributed by atoms with Crippen LogP contribution in [0.1, 0.15) is 79.3 Å². The Morgan fingerprint density at radius 2 is 1.79 bits per heavy atom. The number of benzene rings is 1. The normalized spacial score (nSPS) is 18.8. The lowest BCUT2D eigenvalue weighted by Crippen LogP contribution is -2.29. The van der Waals surface area contributed by atoms with Gasteiger partial charge in [-0.2, -0.15) is 0 Å². The molecule has 2 atom stereocenters.